The van der Waals surface area contributed by atoms with Gasteiger partial charge < -0.3 is 20.7 Å². The molecule has 4 aliphatic heterocycles. The van der Waals surface area contributed by atoms with Crippen molar-refractivity contribution in [2.24, 2.45) is 0 Å². The Morgan fingerprint density at radius 3 is 2.79 bits per heavy atom. The van der Waals surface area contributed by atoms with Crippen LogP contribution in [-0.2, 0) is 0 Å². The molecule has 4 aromatic rings. The van der Waals surface area contributed by atoms with Gasteiger partial charge in [0, 0.05) is 48.1 Å². The molecule has 0 amide bonds. The summed E-state index contributed by atoms with van der Waals surface area (Å²) < 4.78 is 52.1. The van der Waals surface area contributed by atoms with Crippen LogP contribution in [0.15, 0.2) is 18.2 Å². The molecule has 3 atom stereocenters. The van der Waals surface area contributed by atoms with Gasteiger partial charge in [-0.1, -0.05) is 22.9 Å². The second-order valence-electron chi connectivity index (χ2n) is 12.1. The minimum atomic E-state index is -0.896. The van der Waals surface area contributed by atoms with Crippen LogP contribution in [-0.4, -0.2) is 76.4 Å². The van der Waals surface area contributed by atoms with Crippen LogP contribution in [0.2, 0.25) is 5.02 Å². The van der Waals surface area contributed by atoms with Gasteiger partial charge in [-0.25, -0.2) is 18.2 Å². The quantitative estimate of drug-likeness (QED) is 0.312. The molecule has 4 saturated heterocycles. The van der Waals surface area contributed by atoms with Crippen LogP contribution in [0.5, 0.6) is 6.01 Å². The summed E-state index contributed by atoms with van der Waals surface area (Å²) in [4.78, 5) is 17.9. The monoisotopic (exact) mass is 615 g/mol. The number of nitrogen functional groups attached to an aromatic ring is 1. The van der Waals surface area contributed by atoms with Gasteiger partial charge in [0.2, 0.25) is 0 Å². The van der Waals surface area contributed by atoms with Gasteiger partial charge in [-0.05, 0) is 57.0 Å². The molecule has 6 heterocycles. The molecule has 3 N–H and O–H groups in total. The van der Waals surface area contributed by atoms with E-state index in [0.717, 1.165) is 63.2 Å². The Balaban J connectivity index is 1.26. The van der Waals surface area contributed by atoms with Crippen LogP contribution in [0.25, 0.3) is 32.2 Å². The Bertz CT molecular complexity index is 1750. The molecule has 0 radical (unpaired) electrons. The lowest BCUT2D eigenvalue weighted by Gasteiger charge is -2.39. The molecular formula is C29H29ClF3N7OS. The number of alkyl halides is 1. The van der Waals surface area contributed by atoms with Gasteiger partial charge in [0.15, 0.2) is 10.9 Å². The Kier molecular flexibility index (Phi) is 6.06. The highest BCUT2D eigenvalue weighted by molar-refractivity contribution is 7.22. The Labute approximate surface area is 249 Å². The van der Waals surface area contributed by atoms with Crippen LogP contribution in [0, 0.1) is 11.6 Å². The van der Waals surface area contributed by atoms with E-state index in [2.05, 4.69) is 25.1 Å². The van der Waals surface area contributed by atoms with Gasteiger partial charge in [-0.3, -0.25) is 4.90 Å². The molecule has 1 spiro atoms. The largest absolute Gasteiger partial charge is 0.461 e. The van der Waals surface area contributed by atoms with Crippen molar-refractivity contribution in [2.75, 3.05) is 50.0 Å². The molecule has 13 heteroatoms. The van der Waals surface area contributed by atoms with Crippen LogP contribution < -0.4 is 20.7 Å². The third-order valence-corrected chi connectivity index (χ3v) is 10.8. The number of benzene rings is 2. The van der Waals surface area contributed by atoms with Gasteiger partial charge in [-0.2, -0.15) is 9.97 Å². The number of thiazole rings is 1. The lowest BCUT2D eigenvalue weighted by atomic mass is 9.87. The standard InChI is InChI=1S/C29H29ClF3N7OS/c30-18-10-17-22(21(33)20(18)16-2-3-19(32)24-23(16)36-26(34)42-24)37-27(38-25(17)39-9-6-28(13-39)5-7-35-28)41-14-29-4-1-8-40(29)12-15(31)11-29/h2-3,10,15,35H,1,4-9,11-14H2,(H2,34,36)/t15-,28?,29+/m1/s1. The van der Waals surface area contributed by atoms with Crippen molar-refractivity contribution >= 4 is 55.0 Å². The highest BCUT2D eigenvalue weighted by Crippen LogP contribution is 2.45. The lowest BCUT2D eigenvalue weighted by molar-refractivity contribution is 0.107. The summed E-state index contributed by atoms with van der Waals surface area (Å²) >= 11 is 7.77. The van der Waals surface area contributed by atoms with Crippen LogP contribution in [0.1, 0.15) is 32.1 Å². The fourth-order valence-electron chi connectivity index (χ4n) is 7.43. The second-order valence-corrected chi connectivity index (χ2v) is 13.5. The molecule has 0 saturated carbocycles. The summed E-state index contributed by atoms with van der Waals surface area (Å²) in [6, 6.07) is 4.43. The summed E-state index contributed by atoms with van der Waals surface area (Å²) in [5.41, 5.74) is 6.18. The molecule has 42 heavy (non-hydrogen) atoms. The maximum atomic E-state index is 16.7. The Morgan fingerprint density at radius 1 is 1.14 bits per heavy atom. The number of aromatic nitrogens is 3. The fraction of sp³-hybridized carbons (Fsp3) is 0.483. The zero-order valence-corrected chi connectivity index (χ0v) is 24.3. The van der Waals surface area contributed by atoms with Gasteiger partial charge in [-0.15, -0.1) is 0 Å². The van der Waals surface area contributed by atoms with Crippen molar-refractivity contribution in [1.29, 1.82) is 0 Å². The van der Waals surface area contributed by atoms with Crippen molar-refractivity contribution < 1.29 is 17.9 Å². The topological polar surface area (TPSA) is 92.4 Å². The minimum absolute atomic E-state index is 0.0220. The first-order valence-electron chi connectivity index (χ1n) is 14.3. The second kappa shape index (κ2) is 9.54. The predicted molar refractivity (Wildman–Crippen MR) is 158 cm³/mol. The third kappa shape index (κ3) is 4.05. The van der Waals surface area contributed by atoms with Gasteiger partial charge in [0.25, 0.3) is 0 Å². The van der Waals surface area contributed by atoms with E-state index in [1.54, 1.807) is 6.07 Å². The summed E-state index contributed by atoms with van der Waals surface area (Å²) in [5, 5.41) is 4.32. The third-order valence-electron chi connectivity index (χ3n) is 9.61. The summed E-state index contributed by atoms with van der Waals surface area (Å²) in [5.74, 6) is -0.618. The smallest absolute Gasteiger partial charge is 0.319 e. The first-order valence-corrected chi connectivity index (χ1v) is 15.5. The maximum Gasteiger partial charge on any atom is 0.319 e. The number of nitrogens with zero attached hydrogens (tertiary/aromatic N) is 5. The van der Waals surface area contributed by atoms with Gasteiger partial charge in [0.05, 0.1) is 20.8 Å². The van der Waals surface area contributed by atoms with E-state index >= 15 is 4.39 Å². The van der Waals surface area contributed by atoms with Crippen LogP contribution in [0.4, 0.5) is 24.1 Å². The van der Waals surface area contributed by atoms with E-state index in [4.69, 9.17) is 27.1 Å². The molecule has 4 aliphatic rings. The molecule has 2 aromatic heterocycles. The number of hydrogen-bond acceptors (Lipinski definition) is 9. The van der Waals surface area contributed by atoms with E-state index in [0.29, 0.717) is 29.7 Å². The van der Waals surface area contributed by atoms with Crippen LogP contribution in [0.3, 0.4) is 0 Å². The highest BCUT2D eigenvalue weighted by Gasteiger charge is 2.49. The number of nitrogens with one attached hydrogen (secondary N) is 1. The van der Waals surface area contributed by atoms with Crippen LogP contribution >= 0.6 is 22.9 Å². The molecule has 0 aliphatic carbocycles. The summed E-state index contributed by atoms with van der Waals surface area (Å²) in [6.45, 7) is 3.88. The van der Waals surface area contributed by atoms with Gasteiger partial charge in [0.1, 0.15) is 29.9 Å². The number of fused-ring (bicyclic) bond motifs is 3. The Hall–Kier alpha value is -2.93. The van der Waals surface area contributed by atoms with E-state index in [-0.39, 0.29) is 49.6 Å². The molecule has 2 aromatic carbocycles. The average molecular weight is 616 g/mol. The normalized spacial score (nSPS) is 27.4. The van der Waals surface area contributed by atoms with Crippen molar-refractivity contribution in [1.82, 2.24) is 25.2 Å². The van der Waals surface area contributed by atoms with Gasteiger partial charge >= 0.3 is 6.01 Å². The maximum absolute atomic E-state index is 16.7. The minimum Gasteiger partial charge on any atom is -0.461 e. The molecular weight excluding hydrogens is 587 g/mol. The average Bonchev–Trinajstić information content (AvgIpc) is 3.70. The number of anilines is 2. The van der Waals surface area contributed by atoms with E-state index in [1.165, 1.54) is 12.1 Å². The first-order chi connectivity index (χ1) is 20.2. The fourth-order valence-corrected chi connectivity index (χ4v) is 8.49. The van der Waals surface area contributed by atoms with Crippen molar-refractivity contribution in [3.05, 3.63) is 34.9 Å². The Morgan fingerprint density at radius 2 is 2.00 bits per heavy atom. The van der Waals surface area contributed by atoms with E-state index in [9.17, 15) is 8.78 Å². The van der Waals surface area contributed by atoms with Crippen molar-refractivity contribution in [3.63, 3.8) is 0 Å². The highest BCUT2D eigenvalue weighted by atomic mass is 35.5. The number of hydrogen-bond donors (Lipinski definition) is 2. The number of nitrogens with two attached hydrogens (primary N) is 1. The molecule has 1 unspecified atom stereocenters. The van der Waals surface area contributed by atoms with E-state index in [1.807, 2.05) is 0 Å². The molecule has 8 rings (SSSR count). The number of rotatable bonds is 5. The molecule has 220 valence electrons. The number of ether oxygens (including phenoxy) is 1. The summed E-state index contributed by atoms with van der Waals surface area (Å²) in [6.07, 6.45) is 3.32. The molecule has 4 fully saturated rings. The summed E-state index contributed by atoms with van der Waals surface area (Å²) in [7, 11) is 0. The molecule has 0 bridgehead atoms. The van der Waals surface area contributed by atoms with Crippen molar-refractivity contribution in [3.8, 4) is 17.1 Å². The lowest BCUT2D eigenvalue weighted by Crippen LogP contribution is -2.58. The predicted octanol–water partition coefficient (Wildman–Crippen LogP) is 5.32. The zero-order chi connectivity index (χ0) is 28.8. The SMILES string of the molecule is Nc1nc2c(-c3c(Cl)cc4c(N5CCC6(CCN6)C5)nc(OC[C@@]56CCCN5C[C@H](F)C6)nc4c3F)ccc(F)c2s1. The van der Waals surface area contributed by atoms with E-state index < -0.39 is 23.3 Å². The number of halogens is 4. The molecule has 8 nitrogen and oxygen atoms in total. The zero-order valence-electron chi connectivity index (χ0n) is 22.7. The first kappa shape index (κ1) is 26.7. The van der Waals surface area contributed by atoms with Crippen molar-refractivity contribution in [2.45, 2.75) is 49.4 Å².